The lowest BCUT2D eigenvalue weighted by Gasteiger charge is -2.21. The van der Waals surface area contributed by atoms with E-state index in [4.69, 9.17) is 9.47 Å². The topological polar surface area (TPSA) is 30.5 Å². The normalized spacial score (nSPS) is 13.2. The van der Waals surface area contributed by atoms with Crippen molar-refractivity contribution >= 4 is 0 Å². The van der Waals surface area contributed by atoms with Crippen LogP contribution in [0.25, 0.3) is 0 Å². The zero-order valence-corrected chi connectivity index (χ0v) is 11.2. The minimum Gasteiger partial charge on any atom is -0.497 e. The first-order chi connectivity index (χ1) is 8.89. The average molecular weight is 277 g/mol. The zero-order chi connectivity index (χ0) is 14.5. The first-order valence-corrected chi connectivity index (χ1v) is 5.92. The van der Waals surface area contributed by atoms with Gasteiger partial charge in [0.05, 0.1) is 20.6 Å². The fourth-order valence-corrected chi connectivity index (χ4v) is 1.82. The second-order valence-electron chi connectivity index (χ2n) is 4.08. The van der Waals surface area contributed by atoms with Crippen molar-refractivity contribution in [3.8, 4) is 11.5 Å². The van der Waals surface area contributed by atoms with Crippen LogP contribution in [0.3, 0.4) is 0 Å². The van der Waals surface area contributed by atoms with Gasteiger partial charge < -0.3 is 14.8 Å². The number of hydrogen-bond acceptors (Lipinski definition) is 3. The number of benzene rings is 1. The Morgan fingerprint density at radius 2 is 1.63 bits per heavy atom. The van der Waals surface area contributed by atoms with Gasteiger partial charge >= 0.3 is 6.18 Å². The van der Waals surface area contributed by atoms with Crippen LogP contribution >= 0.6 is 0 Å². The summed E-state index contributed by atoms with van der Waals surface area (Å²) in [7, 11) is 2.93. The Kier molecular flexibility index (Phi) is 5.47. The molecule has 0 fully saturated rings. The van der Waals surface area contributed by atoms with E-state index in [0.29, 0.717) is 23.6 Å². The lowest BCUT2D eigenvalue weighted by Crippen LogP contribution is -2.26. The Morgan fingerprint density at radius 3 is 2.00 bits per heavy atom. The highest BCUT2D eigenvalue weighted by atomic mass is 19.4. The number of nitrogens with one attached hydrogen (secondary N) is 1. The molecule has 0 heterocycles. The van der Waals surface area contributed by atoms with E-state index >= 15 is 0 Å². The molecule has 0 aliphatic heterocycles. The van der Waals surface area contributed by atoms with Gasteiger partial charge in [0, 0.05) is 12.1 Å². The molecule has 1 rings (SSSR count). The molecule has 1 aromatic rings. The second-order valence-corrected chi connectivity index (χ2v) is 4.08. The molecule has 0 aliphatic carbocycles. The van der Waals surface area contributed by atoms with E-state index in [1.807, 2.05) is 0 Å². The Balaban J connectivity index is 3.06. The second kappa shape index (κ2) is 6.65. The summed E-state index contributed by atoms with van der Waals surface area (Å²) in [6, 6.07) is 3.98. The highest BCUT2D eigenvalue weighted by Crippen LogP contribution is 2.33. The zero-order valence-electron chi connectivity index (χ0n) is 11.2. The molecule has 1 unspecified atom stereocenters. The van der Waals surface area contributed by atoms with Crippen LogP contribution in [0.4, 0.5) is 13.2 Å². The molecule has 0 saturated heterocycles. The fourth-order valence-electron chi connectivity index (χ4n) is 1.82. The molecule has 0 bridgehead atoms. The third kappa shape index (κ3) is 4.98. The fraction of sp³-hybridized carbons (Fsp3) is 0.538. The summed E-state index contributed by atoms with van der Waals surface area (Å²) in [6.07, 6.45) is -5.17. The molecule has 0 aromatic heterocycles. The molecule has 6 heteroatoms. The first-order valence-electron chi connectivity index (χ1n) is 5.92. The van der Waals surface area contributed by atoms with Crippen LogP contribution in [0.5, 0.6) is 11.5 Å². The highest BCUT2D eigenvalue weighted by molar-refractivity contribution is 5.39. The number of methoxy groups -OCH3 is 2. The predicted molar refractivity (Wildman–Crippen MR) is 66.6 cm³/mol. The van der Waals surface area contributed by atoms with Gasteiger partial charge in [-0.05, 0) is 24.2 Å². The summed E-state index contributed by atoms with van der Waals surface area (Å²) in [5.41, 5.74) is 0.496. The molecule has 0 radical (unpaired) electrons. The van der Waals surface area contributed by atoms with Crippen molar-refractivity contribution in [1.29, 1.82) is 0 Å². The molecule has 1 atom stereocenters. The number of rotatable bonds is 6. The van der Waals surface area contributed by atoms with Gasteiger partial charge in [0.15, 0.2) is 0 Å². The van der Waals surface area contributed by atoms with Gasteiger partial charge in [-0.1, -0.05) is 6.92 Å². The van der Waals surface area contributed by atoms with Gasteiger partial charge in [-0.15, -0.1) is 0 Å². The molecular weight excluding hydrogens is 259 g/mol. The number of hydrogen-bond donors (Lipinski definition) is 1. The van der Waals surface area contributed by atoms with E-state index in [1.54, 1.807) is 25.1 Å². The van der Waals surface area contributed by atoms with E-state index < -0.39 is 18.6 Å². The monoisotopic (exact) mass is 277 g/mol. The Hall–Kier alpha value is -1.43. The molecule has 0 spiro atoms. The van der Waals surface area contributed by atoms with Gasteiger partial charge in [0.2, 0.25) is 0 Å². The van der Waals surface area contributed by atoms with Crippen LogP contribution in [-0.2, 0) is 0 Å². The first kappa shape index (κ1) is 15.6. The summed E-state index contributed by atoms with van der Waals surface area (Å²) >= 11 is 0. The molecule has 1 N–H and O–H groups in total. The van der Waals surface area contributed by atoms with E-state index in [-0.39, 0.29) is 0 Å². The lowest BCUT2D eigenvalue weighted by atomic mass is 10.0. The van der Waals surface area contributed by atoms with Gasteiger partial charge in [0.1, 0.15) is 11.5 Å². The molecule has 0 aliphatic rings. The quantitative estimate of drug-likeness (QED) is 0.865. The van der Waals surface area contributed by atoms with Crippen LogP contribution < -0.4 is 14.8 Å². The number of halogens is 3. The van der Waals surface area contributed by atoms with Crippen LogP contribution in [0, 0.1) is 0 Å². The lowest BCUT2D eigenvalue weighted by molar-refractivity contribution is -0.140. The van der Waals surface area contributed by atoms with Gasteiger partial charge in [-0.2, -0.15) is 13.2 Å². The molecular formula is C13H18F3NO2. The summed E-state index contributed by atoms with van der Waals surface area (Å²) in [6.45, 7) is 2.21. The Morgan fingerprint density at radius 1 is 1.11 bits per heavy atom. The molecule has 108 valence electrons. The summed E-state index contributed by atoms with van der Waals surface area (Å²) in [5, 5.41) is 2.83. The molecule has 3 nitrogen and oxygen atoms in total. The van der Waals surface area contributed by atoms with Crippen molar-refractivity contribution in [1.82, 2.24) is 5.32 Å². The van der Waals surface area contributed by atoms with Gasteiger partial charge in [-0.25, -0.2) is 0 Å². The van der Waals surface area contributed by atoms with Crippen LogP contribution in [-0.4, -0.2) is 26.9 Å². The minimum absolute atomic E-state index is 0.445. The van der Waals surface area contributed by atoms with Crippen molar-refractivity contribution in [2.75, 3.05) is 20.8 Å². The van der Waals surface area contributed by atoms with Crippen molar-refractivity contribution in [3.05, 3.63) is 23.8 Å². The maximum absolute atomic E-state index is 12.6. The predicted octanol–water partition coefficient (Wildman–Crippen LogP) is 3.31. The van der Waals surface area contributed by atoms with Gasteiger partial charge in [-0.3, -0.25) is 0 Å². The number of ether oxygens (including phenoxy) is 2. The van der Waals surface area contributed by atoms with Crippen LogP contribution in [0.15, 0.2) is 18.2 Å². The minimum atomic E-state index is -4.23. The van der Waals surface area contributed by atoms with Gasteiger partial charge in [0.25, 0.3) is 0 Å². The van der Waals surface area contributed by atoms with Crippen molar-refractivity contribution < 1.29 is 22.6 Å². The third-order valence-corrected chi connectivity index (χ3v) is 2.66. The number of alkyl halides is 3. The summed E-state index contributed by atoms with van der Waals surface area (Å²) in [4.78, 5) is 0. The van der Waals surface area contributed by atoms with E-state index in [2.05, 4.69) is 5.32 Å². The third-order valence-electron chi connectivity index (χ3n) is 2.66. The van der Waals surface area contributed by atoms with Crippen LogP contribution in [0.1, 0.15) is 24.9 Å². The summed E-state index contributed by atoms with van der Waals surface area (Å²) < 4.78 is 47.9. The Labute approximate surface area is 110 Å². The largest absolute Gasteiger partial charge is 0.497 e. The van der Waals surface area contributed by atoms with E-state index in [9.17, 15) is 13.2 Å². The highest BCUT2D eigenvalue weighted by Gasteiger charge is 2.32. The van der Waals surface area contributed by atoms with Crippen molar-refractivity contribution in [3.63, 3.8) is 0 Å². The maximum Gasteiger partial charge on any atom is 0.390 e. The smallest absolute Gasteiger partial charge is 0.390 e. The standard InChI is InChI=1S/C13H18F3NO2/c1-4-17-12(8-13(14,15)16)9-5-10(18-2)7-11(6-9)19-3/h5-7,12,17H,4,8H2,1-3H3. The SMILES string of the molecule is CCNC(CC(F)(F)F)c1cc(OC)cc(OC)c1. The summed E-state index contributed by atoms with van der Waals surface area (Å²) in [5.74, 6) is 0.943. The maximum atomic E-state index is 12.6. The van der Waals surface area contributed by atoms with Crippen LogP contribution in [0.2, 0.25) is 0 Å². The molecule has 0 saturated carbocycles. The molecule has 19 heavy (non-hydrogen) atoms. The molecule has 0 amide bonds. The van der Waals surface area contributed by atoms with Crippen molar-refractivity contribution in [2.24, 2.45) is 0 Å². The van der Waals surface area contributed by atoms with E-state index in [0.717, 1.165) is 0 Å². The van der Waals surface area contributed by atoms with Crippen molar-refractivity contribution in [2.45, 2.75) is 25.6 Å². The van der Waals surface area contributed by atoms with E-state index in [1.165, 1.54) is 14.2 Å². The average Bonchev–Trinajstić information content (AvgIpc) is 2.36. The molecule has 1 aromatic carbocycles. The Bertz CT molecular complexity index is 385.